The van der Waals surface area contributed by atoms with E-state index < -0.39 is 11.8 Å². The molecule has 0 aliphatic heterocycles. The molecule has 232 valence electrons. The van der Waals surface area contributed by atoms with Crippen LogP contribution in [0, 0.1) is 40.4 Å². The second-order valence-corrected chi connectivity index (χ2v) is 14.2. The summed E-state index contributed by atoms with van der Waals surface area (Å²) in [5, 5.41) is 11.2. The van der Waals surface area contributed by atoms with Crippen molar-refractivity contribution in [1.82, 2.24) is 0 Å². The van der Waals surface area contributed by atoms with Crippen LogP contribution >= 0.6 is 0 Å². The summed E-state index contributed by atoms with van der Waals surface area (Å²) in [5.74, 6) is 3.65. The molecule has 1 aromatic rings. The first-order valence-corrected chi connectivity index (χ1v) is 16.2. The maximum Gasteiger partial charge on any atom is 0.220 e. The van der Waals surface area contributed by atoms with E-state index in [-0.39, 0.29) is 43.0 Å². The van der Waals surface area contributed by atoms with Gasteiger partial charge in [0, 0.05) is 18.9 Å². The number of carbonyl (C=O) groups excluding carboxylic acids is 3. The van der Waals surface area contributed by atoms with E-state index in [9.17, 15) is 19.5 Å². The van der Waals surface area contributed by atoms with Gasteiger partial charge < -0.3 is 26.0 Å². The van der Waals surface area contributed by atoms with Gasteiger partial charge in [0.2, 0.25) is 11.8 Å². The predicted octanol–water partition coefficient (Wildman–Crippen LogP) is 4.72. The minimum atomic E-state index is -0.417. The van der Waals surface area contributed by atoms with E-state index in [4.69, 9.17) is 20.9 Å². The molecule has 0 bridgehead atoms. The smallest absolute Gasteiger partial charge is 0.220 e. The van der Waals surface area contributed by atoms with Gasteiger partial charge in [-0.1, -0.05) is 13.8 Å². The number of ether oxygens (including phenoxy) is 2. The molecular weight excluding hydrogens is 532 g/mol. The number of hydrogen-bond acceptors (Lipinski definition) is 6. The van der Waals surface area contributed by atoms with E-state index in [1.54, 1.807) is 6.07 Å². The summed E-state index contributed by atoms with van der Waals surface area (Å²) in [4.78, 5) is 34.9. The Balaban J connectivity index is 1.32. The molecule has 1 aromatic carbocycles. The Morgan fingerprint density at radius 3 is 2.26 bits per heavy atom. The Labute approximate surface area is 250 Å². The van der Waals surface area contributed by atoms with Gasteiger partial charge in [-0.2, -0.15) is 0 Å². The van der Waals surface area contributed by atoms with Gasteiger partial charge >= 0.3 is 0 Å². The zero-order valence-electron chi connectivity index (χ0n) is 25.4. The number of Topliss-reactive ketones (excluding diaryl/α,β-unsaturated/α-hetero) is 1. The largest absolute Gasteiger partial charge is 0.493 e. The lowest BCUT2D eigenvalue weighted by molar-refractivity contribution is -0.159. The Morgan fingerprint density at radius 1 is 0.952 bits per heavy atom. The number of aryl methyl sites for hydroxylation is 1. The lowest BCUT2D eigenvalue weighted by atomic mass is 9.42. The third-order valence-electron chi connectivity index (χ3n) is 11.7. The van der Waals surface area contributed by atoms with Crippen molar-refractivity contribution in [3.63, 3.8) is 0 Å². The molecule has 4 aliphatic carbocycles. The maximum absolute atomic E-state index is 12.5. The molecule has 2 amide bonds. The molecule has 4 saturated carbocycles. The van der Waals surface area contributed by atoms with Crippen LogP contribution in [0.5, 0.6) is 11.5 Å². The summed E-state index contributed by atoms with van der Waals surface area (Å²) in [7, 11) is 0. The fraction of sp³-hybridized carbons (Fsp3) is 0.735. The summed E-state index contributed by atoms with van der Waals surface area (Å²) < 4.78 is 11.6. The van der Waals surface area contributed by atoms with E-state index in [1.165, 1.54) is 6.42 Å². The average Bonchev–Trinajstić information content (AvgIpc) is 3.22. The van der Waals surface area contributed by atoms with E-state index in [0.29, 0.717) is 53.3 Å². The van der Waals surface area contributed by atoms with Crippen molar-refractivity contribution in [2.24, 2.45) is 51.9 Å². The topological polar surface area (TPSA) is 142 Å². The van der Waals surface area contributed by atoms with E-state index in [0.717, 1.165) is 63.4 Å². The van der Waals surface area contributed by atoms with Crippen LogP contribution in [0.3, 0.4) is 0 Å². The number of ketones is 1. The number of carbonyl (C=O) groups is 3. The van der Waals surface area contributed by atoms with Gasteiger partial charge in [-0.3, -0.25) is 14.4 Å². The number of primary amides is 2. The van der Waals surface area contributed by atoms with Crippen LogP contribution in [0.25, 0.3) is 0 Å². The average molecular weight is 583 g/mol. The minimum Gasteiger partial charge on any atom is -0.493 e. The minimum absolute atomic E-state index is 0.0187. The second-order valence-electron chi connectivity index (χ2n) is 14.2. The standard InChI is InChI=1S/C34H50N2O6/c1-33-13-10-24(37)18-23(33)6-7-27-28-8-9-29(38)34(28,2)20-22(32(27)33)5-3-4-21-16-25(41-14-11-30(35)39)19-26(17-21)42-15-12-31(36)40/h16-17,19,22-23,27-29,32,38H,3-15,18,20H2,1-2H3,(H2,35,39)(H2,36,40)/t22?,23?,27-,28-,29?,32+,33-,34-/m0/s1. The third-order valence-corrected chi connectivity index (χ3v) is 11.7. The summed E-state index contributed by atoms with van der Waals surface area (Å²) in [5.41, 5.74) is 11.8. The fourth-order valence-corrected chi connectivity index (χ4v) is 9.75. The lowest BCUT2D eigenvalue weighted by Crippen LogP contribution is -2.57. The summed E-state index contributed by atoms with van der Waals surface area (Å²) in [6.45, 7) is 5.22. The van der Waals surface area contributed by atoms with Gasteiger partial charge in [0.1, 0.15) is 17.3 Å². The number of rotatable bonds is 12. The monoisotopic (exact) mass is 582 g/mol. The van der Waals surface area contributed by atoms with Crippen LogP contribution < -0.4 is 20.9 Å². The molecule has 0 radical (unpaired) electrons. The van der Waals surface area contributed by atoms with Gasteiger partial charge in [0.05, 0.1) is 32.2 Å². The molecule has 0 heterocycles. The molecule has 5 rings (SSSR count). The first-order valence-electron chi connectivity index (χ1n) is 16.2. The Hall–Kier alpha value is -2.61. The Morgan fingerprint density at radius 2 is 1.62 bits per heavy atom. The second kappa shape index (κ2) is 12.6. The first-order chi connectivity index (χ1) is 20.0. The maximum atomic E-state index is 12.5. The van der Waals surface area contributed by atoms with Crippen molar-refractivity contribution < 1.29 is 29.0 Å². The van der Waals surface area contributed by atoms with Crippen LogP contribution in [-0.2, 0) is 20.8 Å². The fourth-order valence-electron chi connectivity index (χ4n) is 9.75. The number of fused-ring (bicyclic) bond motifs is 5. The lowest BCUT2D eigenvalue weighted by Gasteiger charge is -2.62. The zero-order chi connectivity index (χ0) is 30.1. The summed E-state index contributed by atoms with van der Waals surface area (Å²) >= 11 is 0. The van der Waals surface area contributed by atoms with Gasteiger partial charge in [0.25, 0.3) is 0 Å². The zero-order valence-corrected chi connectivity index (χ0v) is 25.4. The SMILES string of the molecule is C[C@]12CCC(=O)CC1CC[C@@H]1[C@H]2C(CCCc2cc(OCCC(N)=O)cc(OCCC(N)=O)c2)C[C@]2(C)C(O)CC[C@@H]12. The number of nitrogens with two attached hydrogens (primary N) is 2. The third kappa shape index (κ3) is 6.34. The van der Waals surface area contributed by atoms with Crippen molar-refractivity contribution in [1.29, 1.82) is 0 Å². The van der Waals surface area contributed by atoms with Crippen LogP contribution in [0.4, 0.5) is 0 Å². The van der Waals surface area contributed by atoms with Gasteiger partial charge in [-0.15, -0.1) is 0 Å². The molecule has 4 fully saturated rings. The number of benzene rings is 1. The molecule has 5 N–H and O–H groups in total. The van der Waals surface area contributed by atoms with Crippen LogP contribution in [0.15, 0.2) is 18.2 Å². The molecular formula is C34H50N2O6. The van der Waals surface area contributed by atoms with Crippen molar-refractivity contribution in [3.8, 4) is 11.5 Å². The van der Waals surface area contributed by atoms with Crippen molar-refractivity contribution in [2.75, 3.05) is 13.2 Å². The highest BCUT2D eigenvalue weighted by Gasteiger charge is 2.62. The molecule has 42 heavy (non-hydrogen) atoms. The predicted molar refractivity (Wildman–Crippen MR) is 160 cm³/mol. The molecule has 0 aromatic heterocycles. The summed E-state index contributed by atoms with van der Waals surface area (Å²) in [6.07, 6.45) is 10.9. The number of amides is 2. The van der Waals surface area contributed by atoms with Crippen LogP contribution in [0.1, 0.15) is 96.5 Å². The molecule has 8 atom stereocenters. The van der Waals surface area contributed by atoms with E-state index in [1.807, 2.05) is 12.1 Å². The summed E-state index contributed by atoms with van der Waals surface area (Å²) in [6, 6.07) is 5.76. The van der Waals surface area contributed by atoms with Gasteiger partial charge in [-0.25, -0.2) is 0 Å². The van der Waals surface area contributed by atoms with E-state index in [2.05, 4.69) is 13.8 Å². The van der Waals surface area contributed by atoms with E-state index >= 15 is 0 Å². The number of hydrogen-bond donors (Lipinski definition) is 3. The highest BCUT2D eigenvalue weighted by atomic mass is 16.5. The van der Waals surface area contributed by atoms with Crippen molar-refractivity contribution in [3.05, 3.63) is 23.8 Å². The molecule has 0 spiro atoms. The van der Waals surface area contributed by atoms with Crippen molar-refractivity contribution in [2.45, 2.75) is 103 Å². The number of aliphatic hydroxyl groups excluding tert-OH is 1. The van der Waals surface area contributed by atoms with Crippen LogP contribution in [0.2, 0.25) is 0 Å². The number of aliphatic hydroxyl groups is 1. The molecule has 0 saturated heterocycles. The van der Waals surface area contributed by atoms with Crippen molar-refractivity contribution >= 4 is 17.6 Å². The molecule has 8 heteroatoms. The Kier molecular flexibility index (Phi) is 9.22. The molecule has 4 aliphatic rings. The molecule has 8 nitrogen and oxygen atoms in total. The normalized spacial score (nSPS) is 35.5. The molecule has 3 unspecified atom stereocenters. The van der Waals surface area contributed by atoms with Gasteiger partial charge in [-0.05, 0) is 116 Å². The Bertz CT molecular complexity index is 1130. The van der Waals surface area contributed by atoms with Gasteiger partial charge in [0.15, 0.2) is 0 Å². The first kappa shape index (κ1) is 30.8. The highest BCUT2D eigenvalue weighted by molar-refractivity contribution is 5.79. The quantitative estimate of drug-likeness (QED) is 0.326. The highest BCUT2D eigenvalue weighted by Crippen LogP contribution is 2.68. The van der Waals surface area contributed by atoms with Crippen LogP contribution in [-0.4, -0.2) is 42.0 Å².